The lowest BCUT2D eigenvalue weighted by molar-refractivity contribution is -0.777. The number of unbranched alkanes of at least 4 members (excludes halogenated alkanes) is 42. The van der Waals surface area contributed by atoms with Crippen LogP contribution in [0.5, 0.6) is 0 Å². The average molecular weight is 907 g/mol. The molecule has 0 aromatic carbocycles. The Balaban J connectivity index is 5.03. The first-order valence-electron chi connectivity index (χ1n) is 28.3. The van der Waals surface area contributed by atoms with Gasteiger partial charge in [0.1, 0.15) is 31.2 Å². The minimum atomic E-state index is -4.53. The van der Waals surface area contributed by atoms with Gasteiger partial charge in [-0.25, -0.2) is 12.9 Å². The average Bonchev–Trinajstić information content (AvgIpc) is 3.25. The maximum Gasteiger partial charge on any atom is 0.119 e. The van der Waals surface area contributed by atoms with Crippen LogP contribution in [-0.2, 0) is 10.1 Å². The number of aliphatic hydroxyl groups is 1. The highest BCUT2D eigenvalue weighted by atomic mass is 32.2. The second-order valence-corrected chi connectivity index (χ2v) is 21.3. The summed E-state index contributed by atoms with van der Waals surface area (Å²) in [5, 5.41) is 10.9. The lowest BCUT2D eigenvalue weighted by atomic mass is 10.0. The topological polar surface area (TPSA) is 77.4 Å². The van der Waals surface area contributed by atoms with E-state index in [0.29, 0.717) is 0 Å². The maximum atomic E-state index is 11.7. The van der Waals surface area contributed by atoms with Crippen LogP contribution < -0.4 is 0 Å². The first-order chi connectivity index (χ1) is 30.8. The van der Waals surface area contributed by atoms with Crippen molar-refractivity contribution in [3.05, 3.63) is 36.8 Å². The molecule has 0 aromatic rings. The van der Waals surface area contributed by atoms with Gasteiger partial charge in [-0.1, -0.05) is 271 Å². The van der Waals surface area contributed by atoms with Crippen molar-refractivity contribution in [2.24, 2.45) is 0 Å². The molecule has 374 valence electrons. The number of rotatable bonds is 52. The fourth-order valence-electron chi connectivity index (χ4n) is 9.17. The number of nitrogens with zero attached hydrogens (tertiary/aromatic N) is 1. The van der Waals surface area contributed by atoms with Gasteiger partial charge >= 0.3 is 0 Å². The highest BCUT2D eigenvalue weighted by Crippen LogP contribution is 2.21. The molecule has 0 aliphatic carbocycles. The number of allylic oxidation sites excluding steroid dienone is 3. The van der Waals surface area contributed by atoms with E-state index in [1.54, 1.807) is 0 Å². The third kappa shape index (κ3) is 48.8. The largest absolute Gasteiger partial charge is 0.748 e. The van der Waals surface area contributed by atoms with Gasteiger partial charge in [0.15, 0.2) is 0 Å². The fourth-order valence-corrected chi connectivity index (χ4v) is 9.74. The Kier molecular flexibility index (Phi) is 48.2. The molecule has 0 radical (unpaired) electrons. The van der Waals surface area contributed by atoms with Crippen molar-refractivity contribution >= 4 is 10.1 Å². The smallest absolute Gasteiger partial charge is 0.119 e. The highest BCUT2D eigenvalue weighted by molar-refractivity contribution is 7.85. The number of quaternary nitrogens is 1. The maximum absolute atomic E-state index is 11.7. The molecular formula is C57H111NO4S. The summed E-state index contributed by atoms with van der Waals surface area (Å²) in [4.78, 5) is 0. The lowest BCUT2D eigenvalue weighted by Crippen LogP contribution is -2.41. The molecule has 0 rings (SSSR count). The molecule has 0 saturated carbocycles. The fraction of sp³-hybridized carbons (Fsp3) is 0.895. The van der Waals surface area contributed by atoms with Crippen LogP contribution in [0.25, 0.3) is 0 Å². The molecule has 1 N–H and O–H groups in total. The van der Waals surface area contributed by atoms with Crippen molar-refractivity contribution in [2.45, 2.75) is 316 Å². The van der Waals surface area contributed by atoms with Gasteiger partial charge in [-0.2, -0.15) is 0 Å². The molecule has 1 atom stereocenters. The van der Waals surface area contributed by atoms with E-state index in [-0.39, 0.29) is 11.0 Å². The Hall–Kier alpha value is -0.950. The Morgan fingerprint density at radius 2 is 0.556 bits per heavy atom. The quantitative estimate of drug-likeness (QED) is 0.0375. The Morgan fingerprint density at radius 3 is 0.746 bits per heavy atom. The highest BCUT2D eigenvalue weighted by Gasteiger charge is 2.25. The zero-order valence-electron chi connectivity index (χ0n) is 42.8. The van der Waals surface area contributed by atoms with Crippen LogP contribution >= 0.6 is 0 Å². The first-order valence-corrected chi connectivity index (χ1v) is 29.9. The molecule has 0 fully saturated rings. The van der Waals surface area contributed by atoms with E-state index in [0.717, 1.165) is 38.5 Å². The Labute approximate surface area is 395 Å². The van der Waals surface area contributed by atoms with Crippen LogP contribution in [0.4, 0.5) is 0 Å². The molecule has 63 heavy (non-hydrogen) atoms. The van der Waals surface area contributed by atoms with Crippen LogP contribution in [-0.4, -0.2) is 41.0 Å². The predicted octanol–water partition coefficient (Wildman–Crippen LogP) is 18.9. The van der Waals surface area contributed by atoms with Crippen molar-refractivity contribution in [3.63, 3.8) is 0 Å². The predicted molar refractivity (Wildman–Crippen MR) is 278 cm³/mol. The van der Waals surface area contributed by atoms with Crippen molar-refractivity contribution in [1.29, 1.82) is 0 Å². The number of aliphatic hydroxyl groups excluding tert-OH is 1. The zero-order valence-corrected chi connectivity index (χ0v) is 43.6. The van der Waals surface area contributed by atoms with Crippen molar-refractivity contribution in [1.82, 2.24) is 0 Å². The molecule has 0 saturated heterocycles. The summed E-state index contributed by atoms with van der Waals surface area (Å²) in [6, 6.07) is 0. The summed E-state index contributed by atoms with van der Waals surface area (Å²) in [5.74, 6) is -0.751. The van der Waals surface area contributed by atoms with Gasteiger partial charge in [0.25, 0.3) is 0 Å². The molecule has 0 spiro atoms. The Bertz CT molecular complexity index is 999. The lowest BCUT2D eigenvalue weighted by Gasteiger charge is -2.29. The minimum Gasteiger partial charge on any atom is -0.748 e. The summed E-state index contributed by atoms with van der Waals surface area (Å²) in [6.45, 7) is 7.01. The summed E-state index contributed by atoms with van der Waals surface area (Å²) < 4.78 is 35.4. The van der Waals surface area contributed by atoms with Crippen LogP contribution in [0.2, 0.25) is 0 Å². The van der Waals surface area contributed by atoms with Crippen LogP contribution in [0.1, 0.15) is 310 Å². The van der Waals surface area contributed by atoms with Crippen LogP contribution in [0.3, 0.4) is 0 Å². The first kappa shape index (κ1) is 62.1. The molecular weight excluding hydrogens is 795 g/mol. The van der Waals surface area contributed by atoms with Crippen molar-refractivity contribution in [3.8, 4) is 0 Å². The van der Waals surface area contributed by atoms with Gasteiger partial charge in [-0.05, 0) is 56.8 Å². The molecule has 0 aromatic heterocycles. The monoisotopic (exact) mass is 906 g/mol. The number of hydrogen-bond donors (Lipinski definition) is 1. The second-order valence-electron chi connectivity index (χ2n) is 19.9. The standard InChI is InChI=1S/C57H111NO4S/c1-4-7-10-13-16-19-22-25-28-31-34-37-40-43-46-49-52-58(55-57(59)56-63(60,61)62,53-50-47-44-41-38-35-32-29-26-23-20-17-14-11-8-5-2)54-51-48-45-42-39-36-33-30-27-24-21-18-15-12-9-6-3/h49-54,57,59H,4-48,55-56H2,1-3H3/b52-49+,53-50+,54-51+. The second kappa shape index (κ2) is 49.0. The summed E-state index contributed by atoms with van der Waals surface area (Å²) in [7, 11) is -4.53. The normalized spacial score (nSPS) is 13.2. The molecule has 6 heteroatoms. The van der Waals surface area contributed by atoms with Crippen molar-refractivity contribution in [2.75, 3.05) is 12.3 Å². The SMILES string of the molecule is CCCCCCCCCCCCCCCC/C=C/[N+](/C=C/CCCCCCCCCCCCCCCC)(/C=C/CCCCCCCCCCCCCCCC)CC(O)CS(=O)(=O)[O-]. The van der Waals surface area contributed by atoms with E-state index in [1.165, 1.54) is 250 Å². The summed E-state index contributed by atoms with van der Waals surface area (Å²) >= 11 is 0. The van der Waals surface area contributed by atoms with Gasteiger partial charge in [-0.15, -0.1) is 0 Å². The number of hydrogen-bond acceptors (Lipinski definition) is 4. The van der Waals surface area contributed by atoms with E-state index in [1.807, 2.05) is 0 Å². The molecule has 0 heterocycles. The molecule has 0 aliphatic heterocycles. The van der Waals surface area contributed by atoms with Gasteiger partial charge in [0.2, 0.25) is 0 Å². The zero-order chi connectivity index (χ0) is 46.1. The van der Waals surface area contributed by atoms with Gasteiger partial charge in [-0.3, -0.25) is 0 Å². The van der Waals surface area contributed by atoms with E-state index in [4.69, 9.17) is 0 Å². The van der Waals surface area contributed by atoms with Gasteiger partial charge in [0, 0.05) is 0 Å². The van der Waals surface area contributed by atoms with Crippen molar-refractivity contribution < 1.29 is 22.6 Å². The van der Waals surface area contributed by atoms with Gasteiger partial charge in [0.05, 0.1) is 15.9 Å². The van der Waals surface area contributed by atoms with Crippen LogP contribution in [0.15, 0.2) is 36.8 Å². The van der Waals surface area contributed by atoms with Crippen LogP contribution in [0, 0.1) is 0 Å². The van der Waals surface area contributed by atoms with E-state index in [9.17, 15) is 18.1 Å². The molecule has 5 nitrogen and oxygen atoms in total. The third-order valence-corrected chi connectivity index (χ3v) is 14.0. The minimum absolute atomic E-state index is 0.154. The van der Waals surface area contributed by atoms with E-state index < -0.39 is 22.0 Å². The van der Waals surface area contributed by atoms with Gasteiger partial charge < -0.3 is 9.66 Å². The molecule has 0 aliphatic rings. The molecule has 1 unspecified atom stereocenters. The molecule has 0 bridgehead atoms. The Morgan fingerprint density at radius 1 is 0.365 bits per heavy atom. The van der Waals surface area contributed by atoms with E-state index >= 15 is 0 Å². The van der Waals surface area contributed by atoms with E-state index in [2.05, 4.69) is 57.6 Å². The summed E-state index contributed by atoms with van der Waals surface area (Å²) in [5.41, 5.74) is 0. The summed E-state index contributed by atoms with van der Waals surface area (Å²) in [6.07, 6.45) is 71.2. The third-order valence-electron chi connectivity index (χ3n) is 13.2. The molecule has 0 amide bonds.